The largest absolute Gasteiger partial charge is 0.308 e. The molecule has 0 aliphatic heterocycles. The lowest BCUT2D eigenvalue weighted by molar-refractivity contribution is 1.08. The van der Waals surface area contributed by atoms with Gasteiger partial charge >= 0.3 is 0 Å². The maximum atomic E-state index is 5.46. The van der Waals surface area contributed by atoms with Crippen LogP contribution in [0.15, 0.2) is 170 Å². The van der Waals surface area contributed by atoms with Crippen LogP contribution in [0, 0.1) is 0 Å². The second kappa shape index (κ2) is 10.3. The van der Waals surface area contributed by atoms with Crippen LogP contribution in [-0.4, -0.2) is 18.9 Å². The van der Waals surface area contributed by atoms with Crippen molar-refractivity contribution in [2.75, 3.05) is 0 Å². The fraction of sp³-hybridized carbons (Fsp3) is 0. The number of hydrogen-bond acceptors (Lipinski definition) is 2. The van der Waals surface area contributed by atoms with Gasteiger partial charge in [0.2, 0.25) is 0 Å². The minimum atomic E-state index is 0.713. The molecule has 0 saturated carbocycles. The number of hydrogen-bond donors (Lipinski definition) is 0. The zero-order valence-corrected chi connectivity index (χ0v) is 28.0. The zero-order valence-electron chi connectivity index (χ0n) is 28.0. The smallest absolute Gasteiger partial charge is 0.162 e. The summed E-state index contributed by atoms with van der Waals surface area (Å²) in [6.07, 6.45) is 0. The molecule has 0 unspecified atom stereocenters. The molecule has 0 fully saturated rings. The van der Waals surface area contributed by atoms with Crippen LogP contribution in [-0.2, 0) is 0 Å². The van der Waals surface area contributed by atoms with Crippen molar-refractivity contribution in [3.63, 3.8) is 0 Å². The normalized spacial score (nSPS) is 12.2. The van der Waals surface area contributed by atoms with Crippen LogP contribution in [0.5, 0.6) is 0 Å². The van der Waals surface area contributed by atoms with Crippen molar-refractivity contribution >= 4 is 81.6 Å². The monoisotopic (exact) mass is 660 g/mol. The summed E-state index contributed by atoms with van der Waals surface area (Å²) in [6.45, 7) is 0. The second-order valence-corrected chi connectivity index (χ2v) is 13.8. The van der Waals surface area contributed by atoms with E-state index in [4.69, 9.17) is 9.97 Å². The number of benzene rings is 8. The molecular formula is C48H28N4. The van der Waals surface area contributed by atoms with Gasteiger partial charge in [0, 0.05) is 43.3 Å². The predicted octanol–water partition coefficient (Wildman–Crippen LogP) is 12.4. The summed E-state index contributed by atoms with van der Waals surface area (Å²) in [5, 5.41) is 10.9. The quantitative estimate of drug-likeness (QED) is 0.189. The maximum Gasteiger partial charge on any atom is 0.162 e. The van der Waals surface area contributed by atoms with Gasteiger partial charge in [0.05, 0.1) is 33.1 Å². The Labute approximate surface area is 297 Å². The highest BCUT2D eigenvalue weighted by molar-refractivity contribution is 6.36. The first-order chi connectivity index (χ1) is 25.8. The first-order valence-electron chi connectivity index (χ1n) is 17.8. The van der Waals surface area contributed by atoms with E-state index in [1.54, 1.807) is 0 Å². The summed E-state index contributed by atoms with van der Waals surface area (Å²) in [7, 11) is 0. The molecule has 0 radical (unpaired) electrons. The van der Waals surface area contributed by atoms with Gasteiger partial charge in [-0.3, -0.25) is 4.57 Å². The van der Waals surface area contributed by atoms with Crippen LogP contribution in [0.25, 0.3) is 110 Å². The lowest BCUT2D eigenvalue weighted by atomic mass is 10.00. The first-order valence-corrected chi connectivity index (χ1v) is 17.8. The second-order valence-electron chi connectivity index (χ2n) is 13.8. The van der Waals surface area contributed by atoms with Crippen LogP contribution >= 0.6 is 0 Å². The third-order valence-corrected chi connectivity index (χ3v) is 11.0. The highest BCUT2D eigenvalue weighted by Gasteiger charge is 2.25. The predicted molar refractivity (Wildman–Crippen MR) is 217 cm³/mol. The van der Waals surface area contributed by atoms with Crippen molar-refractivity contribution in [1.82, 2.24) is 18.9 Å². The van der Waals surface area contributed by atoms with Gasteiger partial charge in [0.1, 0.15) is 5.82 Å². The van der Waals surface area contributed by atoms with Crippen molar-refractivity contribution in [2.45, 2.75) is 0 Å². The van der Waals surface area contributed by atoms with Gasteiger partial charge in [-0.25, -0.2) is 9.97 Å². The van der Waals surface area contributed by atoms with E-state index in [0.29, 0.717) is 5.82 Å². The summed E-state index contributed by atoms with van der Waals surface area (Å²) in [6, 6.07) is 61.1. The third kappa shape index (κ3) is 3.70. The molecule has 4 aromatic heterocycles. The van der Waals surface area contributed by atoms with E-state index in [-0.39, 0.29) is 0 Å². The molecule has 0 spiro atoms. The van der Waals surface area contributed by atoms with Gasteiger partial charge in [0.25, 0.3) is 0 Å². The van der Waals surface area contributed by atoms with E-state index in [1.807, 2.05) is 0 Å². The molecule has 4 heteroatoms. The Kier molecular flexibility index (Phi) is 5.47. The lowest BCUT2D eigenvalue weighted by Crippen LogP contribution is -2.02. The molecule has 0 aliphatic rings. The summed E-state index contributed by atoms with van der Waals surface area (Å²) < 4.78 is 4.87. The summed E-state index contributed by atoms with van der Waals surface area (Å²) in [4.78, 5) is 10.6. The number of nitrogens with zero attached hydrogens (tertiary/aromatic N) is 4. The Morgan fingerprint density at radius 1 is 0.365 bits per heavy atom. The van der Waals surface area contributed by atoms with Gasteiger partial charge in [0.15, 0.2) is 5.82 Å². The first kappa shape index (κ1) is 27.7. The highest BCUT2D eigenvalue weighted by Crippen LogP contribution is 2.47. The summed E-state index contributed by atoms with van der Waals surface area (Å²) in [5.74, 6) is 1.59. The molecule has 240 valence electrons. The van der Waals surface area contributed by atoms with Crippen molar-refractivity contribution in [2.24, 2.45) is 0 Å². The van der Waals surface area contributed by atoms with E-state index in [0.717, 1.165) is 33.3 Å². The molecule has 0 atom stereocenters. The lowest BCUT2D eigenvalue weighted by Gasteiger charge is -2.13. The number of fused-ring (bicyclic) bond motifs is 12. The molecule has 8 aromatic carbocycles. The molecule has 0 N–H and O–H groups in total. The van der Waals surface area contributed by atoms with Crippen LogP contribution in [0.3, 0.4) is 0 Å². The minimum absolute atomic E-state index is 0.713. The molecule has 4 heterocycles. The topological polar surface area (TPSA) is 35.1 Å². The fourth-order valence-corrected chi connectivity index (χ4v) is 8.74. The molecular weight excluding hydrogens is 633 g/mol. The Hall–Kier alpha value is -7.04. The molecule has 52 heavy (non-hydrogen) atoms. The average molecular weight is 661 g/mol. The molecule has 0 bridgehead atoms. The Morgan fingerprint density at radius 3 is 1.90 bits per heavy atom. The molecule has 0 aliphatic carbocycles. The molecule has 12 aromatic rings. The summed E-state index contributed by atoms with van der Waals surface area (Å²) >= 11 is 0. The van der Waals surface area contributed by atoms with Crippen LogP contribution in [0.2, 0.25) is 0 Å². The van der Waals surface area contributed by atoms with E-state index >= 15 is 0 Å². The Morgan fingerprint density at radius 2 is 1.04 bits per heavy atom. The number of rotatable bonds is 3. The van der Waals surface area contributed by atoms with E-state index < -0.39 is 0 Å². The van der Waals surface area contributed by atoms with Crippen molar-refractivity contribution < 1.29 is 0 Å². The van der Waals surface area contributed by atoms with Crippen LogP contribution in [0.1, 0.15) is 0 Å². The van der Waals surface area contributed by atoms with Gasteiger partial charge < -0.3 is 4.40 Å². The van der Waals surface area contributed by atoms with Crippen molar-refractivity contribution in [1.29, 1.82) is 0 Å². The number of aromatic nitrogens is 4. The van der Waals surface area contributed by atoms with Gasteiger partial charge in [-0.15, -0.1) is 0 Å². The Balaban J connectivity index is 1.25. The molecule has 4 nitrogen and oxygen atoms in total. The van der Waals surface area contributed by atoms with Crippen LogP contribution < -0.4 is 0 Å². The SMILES string of the molecule is c1ccc(-c2ccc3c(c2)c2cc4c(c5ccccc5n4-c4nc(-c5ccc6ccccc6c5)nc5ccccc45)c4c5ccccc5n3c24)cc1. The van der Waals surface area contributed by atoms with Crippen LogP contribution in [0.4, 0.5) is 0 Å². The van der Waals surface area contributed by atoms with Gasteiger partial charge in [-0.1, -0.05) is 121 Å². The van der Waals surface area contributed by atoms with Gasteiger partial charge in [-0.05, 0) is 70.4 Å². The fourth-order valence-electron chi connectivity index (χ4n) is 8.74. The zero-order chi connectivity index (χ0) is 33.9. The van der Waals surface area contributed by atoms with E-state index in [2.05, 4.69) is 179 Å². The van der Waals surface area contributed by atoms with Gasteiger partial charge in [-0.2, -0.15) is 0 Å². The minimum Gasteiger partial charge on any atom is -0.308 e. The summed E-state index contributed by atoms with van der Waals surface area (Å²) in [5.41, 5.74) is 10.3. The van der Waals surface area contributed by atoms with E-state index in [9.17, 15) is 0 Å². The molecule has 0 saturated heterocycles. The van der Waals surface area contributed by atoms with E-state index in [1.165, 1.54) is 70.8 Å². The number of para-hydroxylation sites is 3. The Bertz CT molecular complexity index is 3410. The third-order valence-electron chi connectivity index (χ3n) is 11.0. The molecule has 12 rings (SSSR count). The molecule has 0 amide bonds. The maximum absolute atomic E-state index is 5.46. The van der Waals surface area contributed by atoms with Crippen molar-refractivity contribution in [3.05, 3.63) is 170 Å². The highest BCUT2D eigenvalue weighted by atomic mass is 15.1. The average Bonchev–Trinajstić information content (AvgIpc) is 3.84. The standard InChI is InChI=1S/C48H28N4/c1-2-12-29(13-3-1)32-24-25-42-37(27-32)38-28-43-44(45-36-18-8-10-20-40(36)51(42)46(38)45)35-17-7-11-21-41(35)52(43)48-34-16-6-9-19-39(34)49-47(50-48)33-23-22-30-14-4-5-15-31(30)26-33/h1-28H. The van der Waals surface area contributed by atoms with Crippen molar-refractivity contribution in [3.8, 4) is 28.3 Å².